The van der Waals surface area contributed by atoms with Gasteiger partial charge in [0.1, 0.15) is 5.69 Å². The number of aryl methyl sites for hydroxylation is 2. The van der Waals surface area contributed by atoms with E-state index in [1.807, 2.05) is 26.0 Å². The topological polar surface area (TPSA) is 77.8 Å². The molecule has 0 saturated carbocycles. The minimum absolute atomic E-state index is 0.456. The summed E-state index contributed by atoms with van der Waals surface area (Å²) in [4.78, 5) is 10.0. The fourth-order valence-electron chi connectivity index (χ4n) is 2.27. The summed E-state index contributed by atoms with van der Waals surface area (Å²) < 4.78 is 5.41. The van der Waals surface area contributed by atoms with Crippen LogP contribution in [0.25, 0.3) is 23.0 Å². The lowest BCUT2D eigenvalue weighted by Crippen LogP contribution is -1.93. The lowest BCUT2D eigenvalue weighted by molar-refractivity contribution is 0.432. The molecule has 3 heterocycles. The monoisotopic (exact) mass is 300 g/mol. The van der Waals surface area contributed by atoms with Gasteiger partial charge in [-0.2, -0.15) is 4.98 Å². The van der Waals surface area contributed by atoms with E-state index in [0.717, 1.165) is 33.7 Å². The Hall–Kier alpha value is -2.21. The van der Waals surface area contributed by atoms with Crippen molar-refractivity contribution in [1.29, 1.82) is 0 Å². The van der Waals surface area contributed by atoms with Crippen LogP contribution in [0.15, 0.2) is 22.9 Å². The zero-order valence-corrected chi connectivity index (χ0v) is 13.0. The molecule has 0 bridgehead atoms. The first-order valence-electron chi connectivity index (χ1n) is 6.75. The summed E-state index contributed by atoms with van der Waals surface area (Å²) in [5.41, 5.74) is 9.83. The molecule has 0 aliphatic heterocycles. The average Bonchev–Trinajstić information content (AvgIpc) is 3.05. The van der Waals surface area contributed by atoms with Gasteiger partial charge in [-0.25, -0.2) is 0 Å². The summed E-state index contributed by atoms with van der Waals surface area (Å²) in [5, 5.41) is 4.77. The average molecular weight is 300 g/mol. The fraction of sp³-hybridized carbons (Fsp3) is 0.267. The van der Waals surface area contributed by atoms with Crippen LogP contribution in [0.5, 0.6) is 0 Å². The zero-order chi connectivity index (χ0) is 15.0. The molecule has 0 amide bonds. The second-order valence-corrected chi connectivity index (χ2v) is 6.07. The van der Waals surface area contributed by atoms with Gasteiger partial charge in [0.05, 0.1) is 10.6 Å². The van der Waals surface area contributed by atoms with E-state index in [1.54, 1.807) is 6.20 Å². The highest BCUT2D eigenvalue weighted by Crippen LogP contribution is 2.37. The van der Waals surface area contributed by atoms with E-state index in [2.05, 4.69) is 22.0 Å². The molecule has 5 nitrogen and oxygen atoms in total. The molecule has 0 aromatic carbocycles. The van der Waals surface area contributed by atoms with Crippen molar-refractivity contribution in [1.82, 2.24) is 15.1 Å². The van der Waals surface area contributed by atoms with Crippen LogP contribution >= 0.6 is 11.3 Å². The molecule has 3 aromatic rings. The Kier molecular flexibility index (Phi) is 3.47. The molecule has 0 aliphatic carbocycles. The molecule has 0 saturated heterocycles. The maximum atomic E-state index is 6.05. The normalized spacial score (nSPS) is 11.0. The third-order valence-corrected chi connectivity index (χ3v) is 4.57. The van der Waals surface area contributed by atoms with Crippen LogP contribution in [0.4, 0.5) is 5.00 Å². The summed E-state index contributed by atoms with van der Waals surface area (Å²) in [7, 11) is 0. The van der Waals surface area contributed by atoms with Gasteiger partial charge >= 0.3 is 0 Å². The van der Waals surface area contributed by atoms with E-state index in [-0.39, 0.29) is 0 Å². The maximum Gasteiger partial charge on any atom is 0.261 e. The summed E-state index contributed by atoms with van der Waals surface area (Å²) >= 11 is 1.54. The van der Waals surface area contributed by atoms with Crippen molar-refractivity contribution in [3.05, 3.63) is 34.3 Å². The van der Waals surface area contributed by atoms with E-state index >= 15 is 0 Å². The van der Waals surface area contributed by atoms with Crippen molar-refractivity contribution >= 4 is 16.3 Å². The first-order chi connectivity index (χ1) is 10.1. The molecule has 3 rings (SSSR count). The van der Waals surface area contributed by atoms with E-state index < -0.39 is 0 Å². The SMILES string of the molecule is CCc1cccnc1-c1noc(-c2c(N)sc(C)c2C)n1. The Balaban J connectivity index is 2.08. The van der Waals surface area contributed by atoms with Gasteiger partial charge in [-0.05, 0) is 37.5 Å². The molecule has 3 aromatic heterocycles. The summed E-state index contributed by atoms with van der Waals surface area (Å²) in [6.45, 7) is 6.12. The van der Waals surface area contributed by atoms with Crippen molar-refractivity contribution in [2.75, 3.05) is 5.73 Å². The molecule has 0 aliphatic rings. The number of rotatable bonds is 3. The van der Waals surface area contributed by atoms with Crippen molar-refractivity contribution in [3.63, 3.8) is 0 Å². The van der Waals surface area contributed by atoms with Crippen LogP contribution in [0.3, 0.4) is 0 Å². The summed E-state index contributed by atoms with van der Waals surface area (Å²) in [6.07, 6.45) is 2.60. The number of hydrogen-bond acceptors (Lipinski definition) is 6. The molecule has 21 heavy (non-hydrogen) atoms. The first kappa shape index (κ1) is 13.8. The highest BCUT2D eigenvalue weighted by molar-refractivity contribution is 7.16. The van der Waals surface area contributed by atoms with Crippen LogP contribution in [0, 0.1) is 13.8 Å². The molecule has 0 radical (unpaired) electrons. The van der Waals surface area contributed by atoms with Gasteiger partial charge < -0.3 is 10.3 Å². The highest BCUT2D eigenvalue weighted by Gasteiger charge is 2.20. The molecule has 0 spiro atoms. The van der Waals surface area contributed by atoms with Crippen molar-refractivity contribution < 1.29 is 4.52 Å². The number of nitrogens with two attached hydrogens (primary N) is 1. The minimum Gasteiger partial charge on any atom is -0.390 e. The summed E-state index contributed by atoms with van der Waals surface area (Å²) in [6, 6.07) is 3.93. The van der Waals surface area contributed by atoms with E-state index in [9.17, 15) is 0 Å². The third kappa shape index (κ3) is 2.31. The van der Waals surface area contributed by atoms with Gasteiger partial charge in [-0.1, -0.05) is 18.1 Å². The molecular weight excluding hydrogens is 284 g/mol. The number of pyridine rings is 1. The van der Waals surface area contributed by atoms with Gasteiger partial charge in [0.2, 0.25) is 5.82 Å². The Morgan fingerprint density at radius 3 is 2.81 bits per heavy atom. The van der Waals surface area contributed by atoms with E-state index in [1.165, 1.54) is 11.3 Å². The Labute approximate surface area is 126 Å². The van der Waals surface area contributed by atoms with Gasteiger partial charge in [0, 0.05) is 11.1 Å². The number of aromatic nitrogens is 3. The van der Waals surface area contributed by atoms with Crippen molar-refractivity contribution in [3.8, 4) is 23.0 Å². The molecule has 2 N–H and O–H groups in total. The third-order valence-electron chi connectivity index (χ3n) is 3.54. The number of nitrogens with zero attached hydrogens (tertiary/aromatic N) is 3. The van der Waals surface area contributed by atoms with Crippen LogP contribution in [0.1, 0.15) is 22.9 Å². The fourth-order valence-corrected chi connectivity index (χ4v) is 3.19. The predicted molar refractivity (Wildman–Crippen MR) is 84.1 cm³/mol. The lowest BCUT2D eigenvalue weighted by Gasteiger charge is -2.00. The molecular formula is C15H16N4OS. The number of anilines is 1. The van der Waals surface area contributed by atoms with Gasteiger partial charge in [-0.3, -0.25) is 4.98 Å². The quantitative estimate of drug-likeness (QED) is 0.799. The van der Waals surface area contributed by atoms with E-state index in [0.29, 0.717) is 16.7 Å². The minimum atomic E-state index is 0.456. The zero-order valence-electron chi connectivity index (χ0n) is 12.2. The Morgan fingerprint density at radius 2 is 2.14 bits per heavy atom. The number of nitrogen functional groups attached to an aromatic ring is 1. The summed E-state index contributed by atoms with van der Waals surface area (Å²) in [5.74, 6) is 0.960. The molecule has 108 valence electrons. The second-order valence-electron chi connectivity index (χ2n) is 4.81. The standard InChI is InChI=1S/C15H16N4OS/c1-4-10-6-5-7-17-12(10)14-18-15(20-19-14)11-8(2)9(3)21-13(11)16/h5-7H,4,16H2,1-3H3. The molecule has 0 atom stereocenters. The Bertz CT molecular complexity index is 791. The van der Waals surface area contributed by atoms with Crippen molar-refractivity contribution in [2.45, 2.75) is 27.2 Å². The molecule has 0 fully saturated rings. The lowest BCUT2D eigenvalue weighted by atomic mass is 10.1. The number of thiophene rings is 1. The highest BCUT2D eigenvalue weighted by atomic mass is 32.1. The largest absolute Gasteiger partial charge is 0.390 e. The van der Waals surface area contributed by atoms with Gasteiger partial charge in [0.15, 0.2) is 0 Å². The van der Waals surface area contributed by atoms with Crippen LogP contribution in [-0.4, -0.2) is 15.1 Å². The van der Waals surface area contributed by atoms with E-state index in [4.69, 9.17) is 10.3 Å². The van der Waals surface area contributed by atoms with Crippen LogP contribution in [0.2, 0.25) is 0 Å². The molecule has 0 unspecified atom stereocenters. The number of hydrogen-bond donors (Lipinski definition) is 1. The van der Waals surface area contributed by atoms with Gasteiger partial charge in [0.25, 0.3) is 5.89 Å². The first-order valence-corrected chi connectivity index (χ1v) is 7.57. The predicted octanol–water partition coefficient (Wildman–Crippen LogP) is 3.62. The maximum absolute atomic E-state index is 6.05. The smallest absolute Gasteiger partial charge is 0.261 e. The van der Waals surface area contributed by atoms with Crippen LogP contribution < -0.4 is 5.73 Å². The van der Waals surface area contributed by atoms with Crippen LogP contribution in [-0.2, 0) is 6.42 Å². The second kappa shape index (κ2) is 5.29. The van der Waals surface area contributed by atoms with Crippen molar-refractivity contribution in [2.24, 2.45) is 0 Å². The molecule has 6 heteroatoms. The Morgan fingerprint density at radius 1 is 1.33 bits per heavy atom. The van der Waals surface area contributed by atoms with Gasteiger partial charge in [-0.15, -0.1) is 11.3 Å².